The second-order valence-electron chi connectivity index (χ2n) is 11.7. The molecule has 4 heterocycles. The van der Waals surface area contributed by atoms with E-state index in [1.165, 1.54) is 16.7 Å². The molecule has 4 aromatic rings. The minimum atomic E-state index is -0.406. The lowest BCUT2D eigenvalue weighted by molar-refractivity contribution is 0.125. The monoisotopic (exact) mass is 553 g/mol. The summed E-state index contributed by atoms with van der Waals surface area (Å²) in [6.45, 7) is 18.8. The van der Waals surface area contributed by atoms with Gasteiger partial charge in [0.15, 0.2) is 0 Å². The summed E-state index contributed by atoms with van der Waals surface area (Å²) in [6, 6.07) is 13.3. The van der Waals surface area contributed by atoms with Crippen LogP contribution in [-0.4, -0.2) is 44.8 Å². The summed E-state index contributed by atoms with van der Waals surface area (Å²) in [6.07, 6.45) is 0. The Bertz CT molecular complexity index is 1760. The maximum Gasteiger partial charge on any atom is 0.271 e. The van der Waals surface area contributed by atoms with Crippen LogP contribution in [0.15, 0.2) is 51.8 Å². The Morgan fingerprint density at radius 2 is 1.85 bits per heavy atom. The number of halogens is 1. The van der Waals surface area contributed by atoms with E-state index in [-0.39, 0.29) is 40.7 Å². The molecule has 1 unspecified atom stereocenters. The second-order valence-corrected chi connectivity index (χ2v) is 11.7. The van der Waals surface area contributed by atoms with Crippen LogP contribution < -0.4 is 10.5 Å². The van der Waals surface area contributed by atoms with Crippen molar-refractivity contribution in [1.29, 1.82) is 5.26 Å². The van der Waals surface area contributed by atoms with Gasteiger partial charge in [0.05, 0.1) is 11.6 Å². The molecule has 3 atom stereocenters. The Morgan fingerprint density at radius 3 is 2.46 bits per heavy atom. The van der Waals surface area contributed by atoms with Gasteiger partial charge < -0.3 is 18.8 Å². The number of anilines is 1. The Labute approximate surface area is 238 Å². The summed E-state index contributed by atoms with van der Waals surface area (Å²) in [5.41, 5.74) is 2.43. The number of aromatic nitrogens is 3. The Hall–Kier alpha value is -4.54. The number of piperazine rings is 1. The van der Waals surface area contributed by atoms with Crippen LogP contribution in [0.1, 0.15) is 63.2 Å². The Balaban J connectivity index is 1.60. The van der Waals surface area contributed by atoms with Crippen molar-refractivity contribution >= 4 is 22.5 Å². The maximum atomic E-state index is 13.9. The highest BCUT2D eigenvalue weighted by Crippen LogP contribution is 2.38. The molecule has 1 aliphatic heterocycles. The minimum absolute atomic E-state index is 0.00327. The van der Waals surface area contributed by atoms with Crippen LogP contribution in [0.2, 0.25) is 0 Å². The summed E-state index contributed by atoms with van der Waals surface area (Å²) in [7, 11) is 1.61. The molecule has 3 aromatic heterocycles. The van der Waals surface area contributed by atoms with Crippen molar-refractivity contribution in [2.75, 3.05) is 18.0 Å². The smallest absolute Gasteiger partial charge is 0.271 e. The standard InChI is InChI=1S/C31H32FN7O2/c1-18-17-39(29-22(15-33)30(40)37(7)24-12-13-26(34-6)35-27(24)29)19(2)16-38(18)28(20-8-10-21(32)11-9-20)23-14-25(41-36-23)31(3,4)5/h8-14,18-19,28H,16-17H2,1-5,7H3/t18-,19+,28?/m1/s1. The summed E-state index contributed by atoms with van der Waals surface area (Å²) >= 11 is 0. The number of hydrogen-bond donors (Lipinski definition) is 0. The van der Waals surface area contributed by atoms with Crippen molar-refractivity contribution in [3.8, 4) is 6.07 Å². The first-order valence-electron chi connectivity index (χ1n) is 13.5. The van der Waals surface area contributed by atoms with Crippen LogP contribution in [-0.2, 0) is 12.5 Å². The van der Waals surface area contributed by atoms with E-state index in [2.05, 4.69) is 58.5 Å². The van der Waals surface area contributed by atoms with Crippen LogP contribution in [0, 0.1) is 23.7 Å². The van der Waals surface area contributed by atoms with E-state index < -0.39 is 5.56 Å². The van der Waals surface area contributed by atoms with Crippen molar-refractivity contribution in [3.05, 3.63) is 92.6 Å². The third-order valence-corrected chi connectivity index (χ3v) is 7.81. The zero-order chi connectivity index (χ0) is 29.6. The fourth-order valence-corrected chi connectivity index (χ4v) is 5.60. The van der Waals surface area contributed by atoms with Crippen molar-refractivity contribution < 1.29 is 8.91 Å². The van der Waals surface area contributed by atoms with Gasteiger partial charge in [-0.3, -0.25) is 9.69 Å². The molecule has 10 heteroatoms. The summed E-state index contributed by atoms with van der Waals surface area (Å²) in [5, 5.41) is 14.5. The van der Waals surface area contributed by atoms with E-state index in [4.69, 9.17) is 11.1 Å². The first-order valence-corrected chi connectivity index (χ1v) is 13.5. The van der Waals surface area contributed by atoms with E-state index in [1.807, 2.05) is 13.0 Å². The van der Waals surface area contributed by atoms with Gasteiger partial charge in [-0.05, 0) is 43.7 Å². The van der Waals surface area contributed by atoms with Gasteiger partial charge in [0.25, 0.3) is 11.4 Å². The van der Waals surface area contributed by atoms with E-state index in [0.29, 0.717) is 29.8 Å². The third-order valence-electron chi connectivity index (χ3n) is 7.81. The predicted molar refractivity (Wildman–Crippen MR) is 154 cm³/mol. The highest BCUT2D eigenvalue weighted by molar-refractivity contribution is 5.93. The van der Waals surface area contributed by atoms with Gasteiger partial charge in [0.2, 0.25) is 5.52 Å². The van der Waals surface area contributed by atoms with E-state index in [0.717, 1.165) is 17.0 Å². The van der Waals surface area contributed by atoms with Crippen LogP contribution in [0.3, 0.4) is 0 Å². The largest absolute Gasteiger partial charge is 0.361 e. The zero-order valence-corrected chi connectivity index (χ0v) is 24.0. The quantitative estimate of drug-likeness (QED) is 0.309. The zero-order valence-electron chi connectivity index (χ0n) is 24.0. The highest BCUT2D eigenvalue weighted by Gasteiger charge is 2.39. The average molecular weight is 554 g/mol. The first kappa shape index (κ1) is 28.0. The normalized spacial score (nSPS) is 18.7. The molecular weight excluding hydrogens is 521 g/mol. The van der Waals surface area contributed by atoms with Gasteiger partial charge in [0, 0.05) is 43.7 Å². The van der Waals surface area contributed by atoms with Crippen LogP contribution >= 0.6 is 0 Å². The molecule has 41 heavy (non-hydrogen) atoms. The molecular formula is C31H32FN7O2. The van der Waals surface area contributed by atoms with Crippen molar-refractivity contribution in [2.45, 2.75) is 58.2 Å². The molecule has 0 N–H and O–H groups in total. The molecule has 210 valence electrons. The minimum Gasteiger partial charge on any atom is -0.361 e. The SMILES string of the molecule is [C-]#[N+]c1ccc2c(n1)c(N1C[C@@H](C)N(C(c3ccc(F)cc3)c3cc(C(C)(C)C)on3)C[C@@H]1C)c(C#N)c(=O)n2C. The summed E-state index contributed by atoms with van der Waals surface area (Å²) < 4.78 is 21.1. The number of nitriles is 1. The maximum absolute atomic E-state index is 13.9. The number of hydrogen-bond acceptors (Lipinski definition) is 7. The molecule has 0 spiro atoms. The van der Waals surface area contributed by atoms with Crippen LogP contribution in [0.4, 0.5) is 15.9 Å². The number of rotatable bonds is 4. The summed E-state index contributed by atoms with van der Waals surface area (Å²) in [4.78, 5) is 25.6. The number of nitrogens with zero attached hydrogens (tertiary/aromatic N) is 7. The lowest BCUT2D eigenvalue weighted by atomic mass is 9.91. The molecule has 1 aromatic carbocycles. The number of pyridine rings is 2. The first-order chi connectivity index (χ1) is 19.4. The highest BCUT2D eigenvalue weighted by atomic mass is 19.1. The number of aryl methyl sites for hydroxylation is 1. The van der Waals surface area contributed by atoms with Gasteiger partial charge in [-0.25, -0.2) is 4.39 Å². The number of fused-ring (bicyclic) bond motifs is 1. The molecule has 1 saturated heterocycles. The molecule has 5 rings (SSSR count). The van der Waals surface area contributed by atoms with Gasteiger partial charge in [-0.1, -0.05) is 44.6 Å². The van der Waals surface area contributed by atoms with Gasteiger partial charge in [-0.2, -0.15) is 5.26 Å². The average Bonchev–Trinajstić information content (AvgIpc) is 3.44. The molecule has 0 aliphatic carbocycles. The van der Waals surface area contributed by atoms with E-state index in [9.17, 15) is 14.4 Å². The van der Waals surface area contributed by atoms with Crippen molar-refractivity contribution in [1.82, 2.24) is 19.6 Å². The predicted octanol–water partition coefficient (Wildman–Crippen LogP) is 5.47. The molecule has 1 aliphatic rings. The Kier molecular flexibility index (Phi) is 7.14. The molecule has 0 radical (unpaired) electrons. The fourth-order valence-electron chi connectivity index (χ4n) is 5.60. The van der Waals surface area contributed by atoms with Gasteiger partial charge >= 0.3 is 0 Å². The molecule has 0 bridgehead atoms. The van der Waals surface area contributed by atoms with Crippen LogP contribution in [0.25, 0.3) is 15.9 Å². The third kappa shape index (κ3) is 4.96. The van der Waals surface area contributed by atoms with E-state index in [1.54, 1.807) is 31.3 Å². The second kappa shape index (κ2) is 10.5. The lowest BCUT2D eigenvalue weighted by Gasteiger charge is -2.48. The lowest BCUT2D eigenvalue weighted by Crippen LogP contribution is -2.58. The van der Waals surface area contributed by atoms with Crippen LogP contribution in [0.5, 0.6) is 0 Å². The number of benzene rings is 1. The Morgan fingerprint density at radius 1 is 1.15 bits per heavy atom. The molecule has 0 saturated carbocycles. The van der Waals surface area contributed by atoms with Crippen molar-refractivity contribution in [3.63, 3.8) is 0 Å². The fraction of sp³-hybridized carbons (Fsp3) is 0.387. The van der Waals surface area contributed by atoms with Crippen molar-refractivity contribution in [2.24, 2.45) is 7.05 Å². The molecule has 0 amide bonds. The molecule has 1 fully saturated rings. The topological polar surface area (TPSA) is 95.6 Å². The molecule has 9 nitrogen and oxygen atoms in total. The summed E-state index contributed by atoms with van der Waals surface area (Å²) in [5.74, 6) is 0.630. The van der Waals surface area contributed by atoms with E-state index >= 15 is 0 Å². The van der Waals surface area contributed by atoms with Gasteiger partial charge in [0.1, 0.15) is 34.6 Å². The van der Waals surface area contributed by atoms with Gasteiger partial charge in [-0.15, -0.1) is 4.98 Å².